The van der Waals surface area contributed by atoms with E-state index in [4.69, 9.17) is 0 Å². The monoisotopic (exact) mass is 190 g/mol. The predicted molar refractivity (Wildman–Crippen MR) is 59.8 cm³/mol. The summed E-state index contributed by atoms with van der Waals surface area (Å²) in [6.07, 6.45) is 3.50. The first-order valence-electron chi connectivity index (χ1n) is 4.72. The minimum absolute atomic E-state index is 0.727. The van der Waals surface area contributed by atoms with Crippen LogP contribution in [0.4, 0.5) is 0 Å². The molecule has 0 amide bonds. The Bertz CT molecular complexity index is 289. The Morgan fingerprint density at radius 1 is 1.23 bits per heavy atom. The van der Waals surface area contributed by atoms with Gasteiger partial charge in [-0.25, -0.2) is 0 Å². The Labute approximate surface area is 84.0 Å². The average molecular weight is 190 g/mol. The SMILES string of the molecule is CC1C=CSC1Cc1ccccc1. The molecule has 2 atom stereocenters. The van der Waals surface area contributed by atoms with Gasteiger partial charge in [-0.05, 0) is 23.3 Å². The molecular formula is C12H14S. The molecule has 0 bridgehead atoms. The minimum atomic E-state index is 0.727. The smallest absolute Gasteiger partial charge is 0.0189 e. The number of hydrogen-bond acceptors (Lipinski definition) is 1. The second-order valence-corrected chi connectivity index (χ2v) is 4.70. The van der Waals surface area contributed by atoms with Gasteiger partial charge in [0.15, 0.2) is 0 Å². The molecule has 1 aliphatic rings. The molecule has 1 aliphatic heterocycles. The van der Waals surface area contributed by atoms with Crippen LogP contribution in [-0.4, -0.2) is 5.25 Å². The third-order valence-corrected chi connectivity index (χ3v) is 3.76. The molecule has 0 spiro atoms. The van der Waals surface area contributed by atoms with Gasteiger partial charge in [0.1, 0.15) is 0 Å². The van der Waals surface area contributed by atoms with E-state index in [-0.39, 0.29) is 0 Å². The number of rotatable bonds is 2. The molecule has 0 nitrogen and oxygen atoms in total. The van der Waals surface area contributed by atoms with Gasteiger partial charge < -0.3 is 0 Å². The van der Waals surface area contributed by atoms with Crippen LogP contribution < -0.4 is 0 Å². The topological polar surface area (TPSA) is 0 Å². The second-order valence-electron chi connectivity index (χ2n) is 3.55. The molecule has 0 saturated carbocycles. The van der Waals surface area contributed by atoms with Crippen LogP contribution in [0.25, 0.3) is 0 Å². The fourth-order valence-corrected chi connectivity index (χ4v) is 2.77. The van der Waals surface area contributed by atoms with Gasteiger partial charge in [-0.3, -0.25) is 0 Å². The lowest BCUT2D eigenvalue weighted by Crippen LogP contribution is -2.11. The Morgan fingerprint density at radius 2 is 2.00 bits per heavy atom. The maximum Gasteiger partial charge on any atom is 0.0189 e. The van der Waals surface area contributed by atoms with Crippen molar-refractivity contribution in [3.8, 4) is 0 Å². The predicted octanol–water partition coefficient (Wildman–Crippen LogP) is 3.49. The van der Waals surface area contributed by atoms with Crippen LogP contribution in [0.1, 0.15) is 12.5 Å². The van der Waals surface area contributed by atoms with E-state index in [1.807, 2.05) is 11.8 Å². The number of allylic oxidation sites excluding steroid dienone is 1. The summed E-state index contributed by atoms with van der Waals surface area (Å²) in [5.74, 6) is 0.727. The lowest BCUT2D eigenvalue weighted by molar-refractivity contribution is 0.679. The van der Waals surface area contributed by atoms with E-state index in [2.05, 4.69) is 48.7 Å². The average Bonchev–Trinajstić information content (AvgIpc) is 2.54. The molecule has 13 heavy (non-hydrogen) atoms. The van der Waals surface area contributed by atoms with Crippen molar-refractivity contribution in [2.75, 3.05) is 0 Å². The standard InChI is InChI=1S/C12H14S/c1-10-7-8-13-12(10)9-11-5-3-2-4-6-11/h2-8,10,12H,9H2,1H3. The zero-order chi connectivity index (χ0) is 9.10. The third kappa shape index (κ3) is 2.16. The third-order valence-electron chi connectivity index (χ3n) is 2.50. The van der Waals surface area contributed by atoms with Crippen LogP contribution >= 0.6 is 11.8 Å². The Morgan fingerprint density at radius 3 is 2.62 bits per heavy atom. The molecule has 2 unspecified atom stereocenters. The molecule has 2 rings (SSSR count). The summed E-state index contributed by atoms with van der Waals surface area (Å²) in [4.78, 5) is 0. The Balaban J connectivity index is 1.99. The Kier molecular flexibility index (Phi) is 2.74. The number of hydrogen-bond donors (Lipinski definition) is 0. The summed E-state index contributed by atoms with van der Waals surface area (Å²) in [5, 5.41) is 2.99. The molecule has 1 heteroatoms. The Hall–Kier alpha value is -0.690. The highest BCUT2D eigenvalue weighted by Crippen LogP contribution is 2.31. The fourth-order valence-electron chi connectivity index (χ4n) is 1.60. The summed E-state index contributed by atoms with van der Waals surface area (Å²) in [6.45, 7) is 2.30. The van der Waals surface area contributed by atoms with E-state index < -0.39 is 0 Å². The molecule has 0 saturated heterocycles. The number of thioether (sulfide) groups is 1. The summed E-state index contributed by atoms with van der Waals surface area (Å²) < 4.78 is 0. The van der Waals surface area contributed by atoms with E-state index >= 15 is 0 Å². The summed E-state index contributed by atoms with van der Waals surface area (Å²) in [5.41, 5.74) is 1.45. The first kappa shape index (κ1) is 8.89. The molecule has 0 aromatic heterocycles. The van der Waals surface area contributed by atoms with Crippen molar-refractivity contribution in [2.24, 2.45) is 5.92 Å². The first-order valence-corrected chi connectivity index (χ1v) is 5.66. The van der Waals surface area contributed by atoms with E-state index in [0.717, 1.165) is 11.2 Å². The summed E-state index contributed by atoms with van der Waals surface area (Å²) in [7, 11) is 0. The minimum Gasteiger partial charge on any atom is -0.130 e. The molecule has 0 fully saturated rings. The first-order chi connectivity index (χ1) is 6.36. The molecule has 1 aromatic rings. The lowest BCUT2D eigenvalue weighted by Gasteiger charge is -2.13. The highest BCUT2D eigenvalue weighted by molar-refractivity contribution is 8.03. The number of benzene rings is 1. The van der Waals surface area contributed by atoms with E-state index in [9.17, 15) is 0 Å². The molecule has 0 N–H and O–H groups in total. The zero-order valence-electron chi connectivity index (χ0n) is 7.81. The van der Waals surface area contributed by atoms with Gasteiger partial charge in [0.25, 0.3) is 0 Å². The highest BCUT2D eigenvalue weighted by Gasteiger charge is 2.19. The van der Waals surface area contributed by atoms with Gasteiger partial charge in [-0.15, -0.1) is 11.8 Å². The highest BCUT2D eigenvalue weighted by atomic mass is 32.2. The maximum atomic E-state index is 2.30. The van der Waals surface area contributed by atoms with Crippen molar-refractivity contribution in [3.63, 3.8) is 0 Å². The van der Waals surface area contributed by atoms with Crippen LogP contribution in [0.5, 0.6) is 0 Å². The van der Waals surface area contributed by atoms with E-state index in [0.29, 0.717) is 0 Å². The second kappa shape index (κ2) is 4.01. The molecule has 68 valence electrons. The van der Waals surface area contributed by atoms with Crippen molar-refractivity contribution in [3.05, 3.63) is 47.4 Å². The van der Waals surface area contributed by atoms with E-state index in [1.54, 1.807) is 0 Å². The van der Waals surface area contributed by atoms with Gasteiger partial charge >= 0.3 is 0 Å². The summed E-state index contributed by atoms with van der Waals surface area (Å²) in [6, 6.07) is 10.7. The van der Waals surface area contributed by atoms with Crippen molar-refractivity contribution in [2.45, 2.75) is 18.6 Å². The van der Waals surface area contributed by atoms with Crippen LogP contribution in [0.3, 0.4) is 0 Å². The van der Waals surface area contributed by atoms with Crippen molar-refractivity contribution in [1.29, 1.82) is 0 Å². The molecule has 0 radical (unpaired) electrons. The fraction of sp³-hybridized carbons (Fsp3) is 0.333. The van der Waals surface area contributed by atoms with Crippen molar-refractivity contribution < 1.29 is 0 Å². The lowest BCUT2D eigenvalue weighted by atomic mass is 10.0. The largest absolute Gasteiger partial charge is 0.130 e. The normalized spacial score (nSPS) is 26.5. The molecule has 0 aliphatic carbocycles. The quantitative estimate of drug-likeness (QED) is 0.688. The van der Waals surface area contributed by atoms with Gasteiger partial charge in [0.2, 0.25) is 0 Å². The van der Waals surface area contributed by atoms with Crippen LogP contribution in [0, 0.1) is 5.92 Å². The van der Waals surface area contributed by atoms with Crippen LogP contribution in [-0.2, 0) is 6.42 Å². The van der Waals surface area contributed by atoms with Crippen LogP contribution in [0.15, 0.2) is 41.8 Å². The van der Waals surface area contributed by atoms with Gasteiger partial charge in [-0.2, -0.15) is 0 Å². The summed E-state index contributed by atoms with van der Waals surface area (Å²) >= 11 is 1.96. The molecular weight excluding hydrogens is 176 g/mol. The molecule has 1 aromatic carbocycles. The van der Waals surface area contributed by atoms with Gasteiger partial charge in [0.05, 0.1) is 0 Å². The zero-order valence-corrected chi connectivity index (χ0v) is 8.63. The molecule has 1 heterocycles. The van der Waals surface area contributed by atoms with Crippen LogP contribution in [0.2, 0.25) is 0 Å². The van der Waals surface area contributed by atoms with Gasteiger partial charge in [-0.1, -0.05) is 43.3 Å². The van der Waals surface area contributed by atoms with Crippen molar-refractivity contribution in [1.82, 2.24) is 0 Å². The van der Waals surface area contributed by atoms with E-state index in [1.165, 1.54) is 12.0 Å². The van der Waals surface area contributed by atoms with Gasteiger partial charge in [0, 0.05) is 5.25 Å². The van der Waals surface area contributed by atoms with Crippen molar-refractivity contribution >= 4 is 11.8 Å². The maximum absolute atomic E-state index is 2.30.